The van der Waals surface area contributed by atoms with Gasteiger partial charge < -0.3 is 9.40 Å². The molecule has 3 aromatic rings. The van der Waals surface area contributed by atoms with Crippen molar-refractivity contribution in [3.63, 3.8) is 0 Å². The number of aromatic nitrogens is 3. The maximum atomic E-state index is 5.54. The Kier molecular flexibility index (Phi) is 1.99. The van der Waals surface area contributed by atoms with Gasteiger partial charge in [0.2, 0.25) is 11.8 Å². The normalized spacial score (nSPS) is 11.1. The number of nitrogens with zero attached hydrogens (tertiary/aromatic N) is 2. The summed E-state index contributed by atoms with van der Waals surface area (Å²) in [5.41, 5.74) is 2.04. The van der Waals surface area contributed by atoms with E-state index >= 15 is 0 Å². The zero-order valence-corrected chi connectivity index (χ0v) is 8.90. The first kappa shape index (κ1) is 9.15. The molecular weight excluding hydrogens is 202 g/mol. The molecule has 1 aromatic carbocycles. The molecule has 0 saturated heterocycles. The Morgan fingerprint density at radius 2 is 2.12 bits per heavy atom. The number of aromatic amines is 1. The second-order valence-electron chi connectivity index (χ2n) is 3.60. The number of H-pyrrole nitrogens is 1. The molecule has 0 aliphatic heterocycles. The summed E-state index contributed by atoms with van der Waals surface area (Å²) in [6.45, 7) is 1.99. The Hall–Kier alpha value is -2.10. The van der Waals surface area contributed by atoms with Gasteiger partial charge in [0.25, 0.3) is 0 Å². The molecule has 0 atom stereocenters. The molecule has 0 saturated carbocycles. The van der Waals surface area contributed by atoms with Gasteiger partial charge in [-0.3, -0.25) is 0 Å². The van der Waals surface area contributed by atoms with Gasteiger partial charge in [0.05, 0.1) is 5.56 Å². The van der Waals surface area contributed by atoms with Gasteiger partial charge in [0.15, 0.2) is 0 Å². The molecule has 0 unspecified atom stereocenters. The molecule has 1 N–H and O–H groups in total. The topological polar surface area (TPSA) is 54.7 Å². The highest BCUT2D eigenvalue weighted by Gasteiger charge is 2.11. The minimum atomic E-state index is 0.578. The van der Waals surface area contributed by atoms with Gasteiger partial charge in [-0.05, 0) is 6.07 Å². The molecule has 4 nitrogen and oxygen atoms in total. The van der Waals surface area contributed by atoms with Crippen LogP contribution in [0.2, 0.25) is 0 Å². The number of hydrogen-bond donors (Lipinski definition) is 1. The molecule has 4 heteroatoms. The summed E-state index contributed by atoms with van der Waals surface area (Å²) in [6, 6.07) is 8.05. The van der Waals surface area contributed by atoms with Crippen LogP contribution in [-0.4, -0.2) is 15.2 Å². The number of nitrogens with one attached hydrogen (secondary N) is 1. The van der Waals surface area contributed by atoms with Crippen LogP contribution in [0.15, 0.2) is 34.9 Å². The third-order valence-electron chi connectivity index (χ3n) is 2.59. The van der Waals surface area contributed by atoms with Gasteiger partial charge >= 0.3 is 0 Å². The summed E-state index contributed by atoms with van der Waals surface area (Å²) >= 11 is 0. The lowest BCUT2D eigenvalue weighted by Gasteiger charge is -1.91. The van der Waals surface area contributed by atoms with Crippen LogP contribution in [0, 0.1) is 0 Å². The van der Waals surface area contributed by atoms with E-state index in [1.165, 1.54) is 0 Å². The summed E-state index contributed by atoms with van der Waals surface area (Å²) in [5.74, 6) is 1.24. The van der Waals surface area contributed by atoms with E-state index in [-0.39, 0.29) is 0 Å². The maximum absolute atomic E-state index is 5.54. The third-order valence-corrected chi connectivity index (χ3v) is 2.59. The van der Waals surface area contributed by atoms with Gasteiger partial charge in [-0.25, -0.2) is 0 Å². The van der Waals surface area contributed by atoms with Crippen molar-refractivity contribution < 1.29 is 4.42 Å². The molecule has 2 heterocycles. The lowest BCUT2D eigenvalue weighted by atomic mass is 10.2. The Bertz CT molecular complexity index is 624. The smallest absolute Gasteiger partial charge is 0.249 e. The highest BCUT2D eigenvalue weighted by atomic mass is 16.4. The zero-order valence-electron chi connectivity index (χ0n) is 8.90. The fourth-order valence-electron chi connectivity index (χ4n) is 1.75. The second kappa shape index (κ2) is 3.48. The number of hydrogen-bond acceptors (Lipinski definition) is 3. The van der Waals surface area contributed by atoms with Crippen LogP contribution >= 0.6 is 0 Å². The van der Waals surface area contributed by atoms with E-state index in [2.05, 4.69) is 15.2 Å². The van der Waals surface area contributed by atoms with E-state index in [9.17, 15) is 0 Å². The average Bonchev–Trinajstić information content (AvgIpc) is 2.94. The van der Waals surface area contributed by atoms with E-state index in [0.29, 0.717) is 11.8 Å². The Morgan fingerprint density at radius 3 is 2.94 bits per heavy atom. The van der Waals surface area contributed by atoms with Crippen molar-refractivity contribution >= 4 is 10.9 Å². The minimum absolute atomic E-state index is 0.578. The lowest BCUT2D eigenvalue weighted by Crippen LogP contribution is -1.76. The summed E-state index contributed by atoms with van der Waals surface area (Å²) < 4.78 is 5.54. The quantitative estimate of drug-likeness (QED) is 0.712. The Balaban J connectivity index is 2.18. The van der Waals surface area contributed by atoms with Crippen molar-refractivity contribution in [1.82, 2.24) is 15.2 Å². The minimum Gasteiger partial charge on any atom is -0.421 e. The molecule has 0 radical (unpaired) electrons. The van der Waals surface area contributed by atoms with Gasteiger partial charge in [-0.2, -0.15) is 0 Å². The van der Waals surface area contributed by atoms with Crippen LogP contribution in [-0.2, 0) is 6.42 Å². The largest absolute Gasteiger partial charge is 0.421 e. The van der Waals surface area contributed by atoms with E-state index < -0.39 is 0 Å². The zero-order chi connectivity index (χ0) is 11.0. The fraction of sp³-hybridized carbons (Fsp3) is 0.167. The fourth-order valence-corrected chi connectivity index (χ4v) is 1.75. The van der Waals surface area contributed by atoms with Crippen molar-refractivity contribution in [1.29, 1.82) is 0 Å². The molecule has 0 aliphatic rings. The Morgan fingerprint density at radius 1 is 1.25 bits per heavy atom. The molecular formula is C12H11N3O. The number of rotatable bonds is 2. The second-order valence-corrected chi connectivity index (χ2v) is 3.60. The van der Waals surface area contributed by atoms with E-state index in [0.717, 1.165) is 22.9 Å². The molecule has 0 aliphatic carbocycles. The van der Waals surface area contributed by atoms with E-state index in [1.807, 2.05) is 37.4 Å². The van der Waals surface area contributed by atoms with Crippen LogP contribution in [0.3, 0.4) is 0 Å². The summed E-state index contributed by atoms with van der Waals surface area (Å²) in [7, 11) is 0. The predicted molar refractivity (Wildman–Crippen MR) is 61.0 cm³/mol. The number of benzene rings is 1. The standard InChI is InChI=1S/C12H11N3O/c1-2-11-14-15-12(16-11)9-7-13-10-6-4-3-5-8(9)10/h3-7,13H,2H2,1H3. The first-order valence-electron chi connectivity index (χ1n) is 5.27. The summed E-state index contributed by atoms with van der Waals surface area (Å²) in [5, 5.41) is 9.12. The van der Waals surface area contributed by atoms with Crippen molar-refractivity contribution in [2.24, 2.45) is 0 Å². The highest BCUT2D eigenvalue weighted by Crippen LogP contribution is 2.27. The lowest BCUT2D eigenvalue weighted by molar-refractivity contribution is 0.513. The van der Waals surface area contributed by atoms with Crippen LogP contribution in [0.5, 0.6) is 0 Å². The monoisotopic (exact) mass is 213 g/mol. The SMILES string of the molecule is CCc1nnc(-c2c[nH]c3ccccc23)o1. The van der Waals surface area contributed by atoms with Gasteiger partial charge in [-0.15, -0.1) is 10.2 Å². The van der Waals surface area contributed by atoms with E-state index in [4.69, 9.17) is 4.42 Å². The molecule has 0 spiro atoms. The van der Waals surface area contributed by atoms with E-state index in [1.54, 1.807) is 0 Å². The van der Waals surface area contributed by atoms with Crippen molar-refractivity contribution in [3.05, 3.63) is 36.4 Å². The molecule has 2 aromatic heterocycles. The predicted octanol–water partition coefficient (Wildman–Crippen LogP) is 2.78. The molecule has 80 valence electrons. The highest BCUT2D eigenvalue weighted by molar-refractivity contribution is 5.93. The van der Waals surface area contributed by atoms with Gasteiger partial charge in [-0.1, -0.05) is 25.1 Å². The number of aryl methyl sites for hydroxylation is 1. The first-order valence-corrected chi connectivity index (χ1v) is 5.27. The molecule has 0 amide bonds. The first-order chi connectivity index (χ1) is 7.88. The summed E-state index contributed by atoms with van der Waals surface area (Å²) in [6.07, 6.45) is 2.66. The molecule has 3 rings (SSSR count). The van der Waals surface area contributed by atoms with Crippen molar-refractivity contribution in [2.75, 3.05) is 0 Å². The summed E-state index contributed by atoms with van der Waals surface area (Å²) in [4.78, 5) is 3.19. The van der Waals surface area contributed by atoms with Crippen LogP contribution in [0.25, 0.3) is 22.4 Å². The van der Waals surface area contributed by atoms with Crippen LogP contribution in [0.4, 0.5) is 0 Å². The van der Waals surface area contributed by atoms with Crippen LogP contribution in [0.1, 0.15) is 12.8 Å². The van der Waals surface area contributed by atoms with Crippen LogP contribution < -0.4 is 0 Å². The number of para-hydroxylation sites is 1. The average molecular weight is 213 g/mol. The van der Waals surface area contributed by atoms with Gasteiger partial charge in [0.1, 0.15) is 0 Å². The molecule has 0 fully saturated rings. The van der Waals surface area contributed by atoms with Gasteiger partial charge in [0, 0.05) is 23.5 Å². The maximum Gasteiger partial charge on any atom is 0.249 e. The Labute approximate surface area is 92.3 Å². The molecule has 16 heavy (non-hydrogen) atoms. The third kappa shape index (κ3) is 1.31. The van der Waals surface area contributed by atoms with Crippen molar-refractivity contribution in [2.45, 2.75) is 13.3 Å². The molecule has 0 bridgehead atoms. The number of fused-ring (bicyclic) bond motifs is 1. The van der Waals surface area contributed by atoms with Crippen molar-refractivity contribution in [3.8, 4) is 11.5 Å².